The number of likely N-dealkylation sites (N-methyl/N-ethyl adjacent to an activating group) is 1. The van der Waals surface area contributed by atoms with Gasteiger partial charge in [-0.1, -0.05) is 6.92 Å². The van der Waals surface area contributed by atoms with Crippen LogP contribution < -0.4 is 10.6 Å². The summed E-state index contributed by atoms with van der Waals surface area (Å²) in [5.41, 5.74) is 0. The van der Waals surface area contributed by atoms with Crippen molar-refractivity contribution in [1.29, 1.82) is 0 Å². The summed E-state index contributed by atoms with van der Waals surface area (Å²) in [5, 5.41) is 6.60. The molecule has 1 atom stereocenters. The SMILES string of the molecule is CCNC(=NCC(C)CN1CCN(C)CC1)NCCOCC. The third-order valence-corrected chi connectivity index (χ3v) is 3.81. The minimum atomic E-state index is 0.575. The molecule has 1 fully saturated rings. The molecular formula is C16H35N5O. The fourth-order valence-electron chi connectivity index (χ4n) is 2.50. The maximum Gasteiger partial charge on any atom is 0.191 e. The van der Waals surface area contributed by atoms with Crippen LogP contribution in [0.5, 0.6) is 0 Å². The largest absolute Gasteiger partial charge is 0.380 e. The molecule has 1 heterocycles. The average Bonchev–Trinajstić information content (AvgIpc) is 2.51. The Hall–Kier alpha value is -0.850. The molecule has 1 rings (SSSR count). The first kappa shape index (κ1) is 19.2. The molecule has 1 saturated heterocycles. The topological polar surface area (TPSA) is 52.1 Å². The molecule has 130 valence electrons. The molecule has 6 nitrogen and oxygen atoms in total. The highest BCUT2D eigenvalue weighted by Crippen LogP contribution is 2.04. The summed E-state index contributed by atoms with van der Waals surface area (Å²) in [4.78, 5) is 9.64. The zero-order valence-corrected chi connectivity index (χ0v) is 14.9. The van der Waals surface area contributed by atoms with Crippen LogP contribution >= 0.6 is 0 Å². The fraction of sp³-hybridized carbons (Fsp3) is 0.938. The first-order valence-corrected chi connectivity index (χ1v) is 8.66. The van der Waals surface area contributed by atoms with E-state index in [1.807, 2.05) is 6.92 Å². The predicted octanol–water partition coefficient (Wildman–Crippen LogP) is 0.462. The molecule has 0 aromatic carbocycles. The van der Waals surface area contributed by atoms with Crippen LogP contribution in [-0.2, 0) is 4.74 Å². The van der Waals surface area contributed by atoms with Crippen LogP contribution in [0.4, 0.5) is 0 Å². The van der Waals surface area contributed by atoms with E-state index >= 15 is 0 Å². The highest BCUT2D eigenvalue weighted by molar-refractivity contribution is 5.79. The smallest absolute Gasteiger partial charge is 0.191 e. The summed E-state index contributed by atoms with van der Waals surface area (Å²) in [5.74, 6) is 1.47. The normalized spacial score (nSPS) is 19.2. The number of piperazine rings is 1. The van der Waals surface area contributed by atoms with E-state index < -0.39 is 0 Å². The van der Waals surface area contributed by atoms with Crippen molar-refractivity contribution in [2.24, 2.45) is 10.9 Å². The van der Waals surface area contributed by atoms with Crippen molar-refractivity contribution < 1.29 is 4.74 Å². The van der Waals surface area contributed by atoms with Gasteiger partial charge in [-0.15, -0.1) is 0 Å². The zero-order chi connectivity index (χ0) is 16.2. The van der Waals surface area contributed by atoms with Crippen molar-refractivity contribution >= 4 is 5.96 Å². The molecule has 0 saturated carbocycles. The van der Waals surface area contributed by atoms with Crippen molar-refractivity contribution in [1.82, 2.24) is 20.4 Å². The molecule has 22 heavy (non-hydrogen) atoms. The molecule has 0 amide bonds. The van der Waals surface area contributed by atoms with E-state index in [0.29, 0.717) is 5.92 Å². The average molecular weight is 313 g/mol. The van der Waals surface area contributed by atoms with Gasteiger partial charge in [0, 0.05) is 59.0 Å². The van der Waals surface area contributed by atoms with E-state index in [1.165, 1.54) is 26.2 Å². The Morgan fingerprint density at radius 3 is 2.55 bits per heavy atom. The van der Waals surface area contributed by atoms with Crippen molar-refractivity contribution in [2.45, 2.75) is 20.8 Å². The van der Waals surface area contributed by atoms with Crippen molar-refractivity contribution in [3.63, 3.8) is 0 Å². The van der Waals surface area contributed by atoms with Crippen LogP contribution in [-0.4, -0.2) is 88.4 Å². The van der Waals surface area contributed by atoms with Gasteiger partial charge in [-0.2, -0.15) is 0 Å². The highest BCUT2D eigenvalue weighted by atomic mass is 16.5. The second kappa shape index (κ2) is 11.7. The van der Waals surface area contributed by atoms with Crippen LogP contribution in [0.1, 0.15) is 20.8 Å². The van der Waals surface area contributed by atoms with Crippen LogP contribution in [0, 0.1) is 5.92 Å². The molecule has 1 unspecified atom stereocenters. The predicted molar refractivity (Wildman–Crippen MR) is 93.6 cm³/mol. The van der Waals surface area contributed by atoms with E-state index in [-0.39, 0.29) is 0 Å². The van der Waals surface area contributed by atoms with Gasteiger partial charge in [0.1, 0.15) is 0 Å². The van der Waals surface area contributed by atoms with E-state index in [4.69, 9.17) is 9.73 Å². The van der Waals surface area contributed by atoms with Gasteiger partial charge in [0.05, 0.1) is 6.61 Å². The third kappa shape index (κ3) is 8.56. The second-order valence-corrected chi connectivity index (χ2v) is 6.05. The lowest BCUT2D eigenvalue weighted by Crippen LogP contribution is -2.46. The minimum Gasteiger partial charge on any atom is -0.380 e. The molecular weight excluding hydrogens is 278 g/mol. The van der Waals surface area contributed by atoms with Gasteiger partial charge in [-0.05, 0) is 26.8 Å². The van der Waals surface area contributed by atoms with Gasteiger partial charge in [-0.3, -0.25) is 4.99 Å². The minimum absolute atomic E-state index is 0.575. The Kier molecular flexibility index (Phi) is 10.2. The Balaban J connectivity index is 2.27. The Labute approximate surface area is 136 Å². The Morgan fingerprint density at radius 1 is 1.18 bits per heavy atom. The quantitative estimate of drug-likeness (QED) is 0.368. The molecule has 0 aromatic rings. The lowest BCUT2D eigenvalue weighted by Gasteiger charge is -2.33. The first-order chi connectivity index (χ1) is 10.7. The number of rotatable bonds is 9. The molecule has 2 N–H and O–H groups in total. The van der Waals surface area contributed by atoms with Crippen LogP contribution in [0.25, 0.3) is 0 Å². The van der Waals surface area contributed by atoms with Crippen molar-refractivity contribution in [3.8, 4) is 0 Å². The summed E-state index contributed by atoms with van der Waals surface area (Å²) in [6.45, 7) is 16.3. The number of ether oxygens (including phenoxy) is 1. The van der Waals surface area contributed by atoms with E-state index in [0.717, 1.165) is 45.4 Å². The number of guanidine groups is 1. The lowest BCUT2D eigenvalue weighted by molar-refractivity contribution is 0.140. The summed E-state index contributed by atoms with van der Waals surface area (Å²) in [6.07, 6.45) is 0. The molecule has 6 heteroatoms. The van der Waals surface area contributed by atoms with Gasteiger partial charge in [0.2, 0.25) is 0 Å². The molecule has 0 aliphatic carbocycles. The summed E-state index contributed by atoms with van der Waals surface area (Å²) in [7, 11) is 2.20. The van der Waals surface area contributed by atoms with Crippen LogP contribution in [0.15, 0.2) is 4.99 Å². The number of nitrogens with one attached hydrogen (secondary N) is 2. The Morgan fingerprint density at radius 2 is 1.91 bits per heavy atom. The maximum atomic E-state index is 5.34. The van der Waals surface area contributed by atoms with Crippen LogP contribution in [0.3, 0.4) is 0 Å². The molecule has 0 spiro atoms. The zero-order valence-electron chi connectivity index (χ0n) is 14.9. The van der Waals surface area contributed by atoms with Gasteiger partial charge in [0.15, 0.2) is 5.96 Å². The van der Waals surface area contributed by atoms with Crippen molar-refractivity contribution in [2.75, 3.05) is 72.6 Å². The lowest BCUT2D eigenvalue weighted by atomic mass is 10.1. The van der Waals surface area contributed by atoms with E-state index in [9.17, 15) is 0 Å². The second-order valence-electron chi connectivity index (χ2n) is 6.05. The molecule has 1 aliphatic rings. The van der Waals surface area contributed by atoms with Gasteiger partial charge >= 0.3 is 0 Å². The summed E-state index contributed by atoms with van der Waals surface area (Å²) >= 11 is 0. The Bertz CT molecular complexity index is 303. The standard InChI is InChI=1S/C16H35N5O/c1-5-17-16(18-7-12-22-6-2)19-13-15(3)14-21-10-8-20(4)9-11-21/h15H,5-14H2,1-4H3,(H2,17,18,19). The molecule has 0 bridgehead atoms. The number of aliphatic imine (C=N–C) groups is 1. The van der Waals surface area contributed by atoms with E-state index in [2.05, 4.69) is 41.3 Å². The number of nitrogens with zero attached hydrogens (tertiary/aromatic N) is 3. The third-order valence-electron chi connectivity index (χ3n) is 3.81. The molecule has 1 aliphatic heterocycles. The highest BCUT2D eigenvalue weighted by Gasteiger charge is 2.15. The number of hydrogen-bond donors (Lipinski definition) is 2. The molecule has 0 aromatic heterocycles. The van der Waals surface area contributed by atoms with Gasteiger partial charge in [-0.25, -0.2) is 0 Å². The van der Waals surface area contributed by atoms with Crippen molar-refractivity contribution in [3.05, 3.63) is 0 Å². The van der Waals surface area contributed by atoms with Crippen LogP contribution in [0.2, 0.25) is 0 Å². The summed E-state index contributed by atoms with van der Waals surface area (Å²) in [6, 6.07) is 0. The number of hydrogen-bond acceptors (Lipinski definition) is 4. The van der Waals surface area contributed by atoms with Gasteiger partial charge in [0.25, 0.3) is 0 Å². The first-order valence-electron chi connectivity index (χ1n) is 8.66. The summed E-state index contributed by atoms with van der Waals surface area (Å²) < 4.78 is 5.34. The fourth-order valence-corrected chi connectivity index (χ4v) is 2.50. The monoisotopic (exact) mass is 313 g/mol. The maximum absolute atomic E-state index is 5.34. The van der Waals surface area contributed by atoms with E-state index in [1.54, 1.807) is 0 Å². The molecule has 0 radical (unpaired) electrons. The van der Waals surface area contributed by atoms with Gasteiger partial charge < -0.3 is 25.2 Å².